The number of carbonyl (C=O) groups excluding carboxylic acids is 2. The summed E-state index contributed by atoms with van der Waals surface area (Å²) in [5.41, 5.74) is 4.07. The van der Waals surface area contributed by atoms with Gasteiger partial charge in [-0.25, -0.2) is 0 Å². The lowest BCUT2D eigenvalue weighted by atomic mass is 9.87. The van der Waals surface area contributed by atoms with Gasteiger partial charge >= 0.3 is 0 Å². The maximum absolute atomic E-state index is 13.6. The van der Waals surface area contributed by atoms with Crippen LogP contribution < -0.4 is 18.9 Å². The predicted octanol–water partition coefficient (Wildman–Crippen LogP) is 8.13. The van der Waals surface area contributed by atoms with Gasteiger partial charge in [0.2, 0.25) is 0 Å². The van der Waals surface area contributed by atoms with Crippen molar-refractivity contribution in [1.29, 1.82) is 0 Å². The number of carbonyl (C=O) groups is 2. The molecular formula is C36H36O6. The van der Waals surface area contributed by atoms with Crippen LogP contribution in [-0.4, -0.2) is 25.8 Å². The third-order valence-electron chi connectivity index (χ3n) is 6.79. The Kier molecular flexibility index (Phi) is 9.81. The van der Waals surface area contributed by atoms with Crippen LogP contribution in [0.1, 0.15) is 52.6 Å². The lowest BCUT2D eigenvalue weighted by Crippen LogP contribution is -2.12. The molecule has 0 aliphatic carbocycles. The molecule has 6 nitrogen and oxygen atoms in total. The van der Waals surface area contributed by atoms with E-state index in [0.29, 0.717) is 57.4 Å². The highest BCUT2D eigenvalue weighted by Gasteiger charge is 2.26. The second kappa shape index (κ2) is 13.7. The molecule has 0 spiro atoms. The molecule has 4 rings (SSSR count). The van der Waals surface area contributed by atoms with Crippen molar-refractivity contribution in [1.82, 2.24) is 0 Å². The van der Waals surface area contributed by atoms with Gasteiger partial charge in [-0.2, -0.15) is 0 Å². The monoisotopic (exact) mass is 564 g/mol. The predicted molar refractivity (Wildman–Crippen MR) is 165 cm³/mol. The van der Waals surface area contributed by atoms with Gasteiger partial charge in [-0.15, -0.1) is 0 Å². The van der Waals surface area contributed by atoms with Crippen molar-refractivity contribution >= 4 is 11.6 Å². The smallest absolute Gasteiger partial charge is 0.188 e. The van der Waals surface area contributed by atoms with E-state index in [4.69, 9.17) is 18.9 Å². The zero-order valence-electron chi connectivity index (χ0n) is 24.7. The maximum atomic E-state index is 13.6. The summed E-state index contributed by atoms with van der Waals surface area (Å²) in [4.78, 5) is 27.1. The number of hydrogen-bond donors (Lipinski definition) is 0. The van der Waals surface area contributed by atoms with Crippen molar-refractivity contribution in [2.45, 2.75) is 34.0 Å². The number of rotatable bonds is 13. The summed E-state index contributed by atoms with van der Waals surface area (Å²) in [6.45, 7) is 9.80. The first-order chi connectivity index (χ1) is 20.2. The van der Waals surface area contributed by atoms with Crippen LogP contribution in [0, 0.1) is 5.92 Å². The minimum atomic E-state index is -0.310. The quantitative estimate of drug-likeness (QED) is 0.121. The molecule has 0 amide bonds. The Labute approximate surface area is 247 Å². The van der Waals surface area contributed by atoms with Gasteiger partial charge in [-0.05, 0) is 59.0 Å². The molecule has 0 atom stereocenters. The first kappa shape index (κ1) is 30.1. The van der Waals surface area contributed by atoms with Crippen LogP contribution in [0.25, 0.3) is 11.1 Å². The Morgan fingerprint density at radius 3 is 1.50 bits per heavy atom. The fraction of sp³-hybridized carbons (Fsp3) is 0.222. The molecule has 0 radical (unpaired) electrons. The zero-order chi connectivity index (χ0) is 30.2. The number of methoxy groups -OCH3 is 2. The minimum absolute atomic E-state index is 0.102. The van der Waals surface area contributed by atoms with E-state index in [1.807, 2.05) is 74.5 Å². The summed E-state index contributed by atoms with van der Waals surface area (Å²) in [7, 11) is 3.08. The Hall–Kier alpha value is -4.84. The largest absolute Gasteiger partial charge is 0.493 e. The molecule has 0 aliphatic rings. The van der Waals surface area contributed by atoms with Gasteiger partial charge in [0.05, 0.1) is 14.2 Å². The van der Waals surface area contributed by atoms with E-state index < -0.39 is 0 Å². The Morgan fingerprint density at radius 2 is 1.10 bits per heavy atom. The molecule has 0 heterocycles. The lowest BCUT2D eigenvalue weighted by molar-refractivity contribution is 0.0938. The highest BCUT2D eigenvalue weighted by atomic mass is 16.5. The third kappa shape index (κ3) is 6.89. The first-order valence-corrected chi connectivity index (χ1v) is 13.8. The highest BCUT2D eigenvalue weighted by Crippen LogP contribution is 2.43. The first-order valence-electron chi connectivity index (χ1n) is 13.8. The summed E-state index contributed by atoms with van der Waals surface area (Å²) < 4.78 is 23.7. The molecule has 0 saturated heterocycles. The summed E-state index contributed by atoms with van der Waals surface area (Å²) in [5.74, 6) is 0.995. The van der Waals surface area contributed by atoms with Crippen molar-refractivity contribution in [3.63, 3.8) is 0 Å². The number of ether oxygens (including phenoxy) is 4. The van der Waals surface area contributed by atoms with Crippen molar-refractivity contribution in [2.75, 3.05) is 14.2 Å². The van der Waals surface area contributed by atoms with E-state index in [0.717, 1.165) is 11.1 Å². The molecule has 4 aromatic rings. The van der Waals surface area contributed by atoms with Crippen LogP contribution in [-0.2, 0) is 13.2 Å². The molecule has 42 heavy (non-hydrogen) atoms. The molecule has 0 fully saturated rings. The topological polar surface area (TPSA) is 71.1 Å². The molecule has 6 heteroatoms. The van der Waals surface area contributed by atoms with Gasteiger partial charge < -0.3 is 18.9 Å². The second-order valence-corrected chi connectivity index (χ2v) is 10.3. The van der Waals surface area contributed by atoms with Gasteiger partial charge in [-0.1, -0.05) is 81.1 Å². The van der Waals surface area contributed by atoms with Crippen LogP contribution in [0.15, 0.2) is 97.1 Å². The van der Waals surface area contributed by atoms with Gasteiger partial charge in [-0.3, -0.25) is 9.59 Å². The fourth-order valence-corrected chi connectivity index (χ4v) is 4.51. The van der Waals surface area contributed by atoms with Crippen molar-refractivity contribution in [2.24, 2.45) is 5.92 Å². The highest BCUT2D eigenvalue weighted by molar-refractivity contribution is 6.14. The number of hydrogen-bond acceptors (Lipinski definition) is 6. The molecule has 0 N–H and O–H groups in total. The number of allylic oxidation sites excluding steroid dienone is 1. The zero-order valence-corrected chi connectivity index (χ0v) is 24.7. The maximum Gasteiger partial charge on any atom is 0.188 e. The Bertz CT molecular complexity index is 1570. The van der Waals surface area contributed by atoms with E-state index >= 15 is 0 Å². The number of benzene rings is 4. The summed E-state index contributed by atoms with van der Waals surface area (Å²) in [6, 6.07) is 26.3. The normalized spacial score (nSPS) is 10.7. The van der Waals surface area contributed by atoms with Crippen LogP contribution in [0.2, 0.25) is 0 Å². The fourth-order valence-electron chi connectivity index (χ4n) is 4.51. The molecular weight excluding hydrogens is 528 g/mol. The van der Waals surface area contributed by atoms with Crippen LogP contribution >= 0.6 is 0 Å². The van der Waals surface area contributed by atoms with E-state index in [-0.39, 0.29) is 24.1 Å². The average molecular weight is 565 g/mol. The van der Waals surface area contributed by atoms with E-state index in [9.17, 15) is 9.59 Å². The third-order valence-corrected chi connectivity index (χ3v) is 6.79. The second-order valence-electron chi connectivity index (χ2n) is 10.3. The Morgan fingerprint density at radius 1 is 0.667 bits per heavy atom. The van der Waals surface area contributed by atoms with E-state index in [2.05, 4.69) is 6.58 Å². The van der Waals surface area contributed by atoms with Crippen molar-refractivity contribution < 1.29 is 28.5 Å². The number of Topliss-reactive ketones (excluding diaryl/α,β-unsaturated/α-hetero) is 2. The Balaban J connectivity index is 1.87. The van der Waals surface area contributed by atoms with Crippen molar-refractivity contribution in [3.8, 4) is 34.1 Å². The van der Waals surface area contributed by atoms with E-state index in [1.165, 1.54) is 7.11 Å². The molecule has 0 bridgehead atoms. The standard InChI is InChI=1S/C36H36O6/c1-23(2)35(37)29-19-33(41-21-25-13-9-7-10-14-25)31(39-5)17-27(29)28-18-32(40-6)34(20-30(28)36(38)24(3)4)42-22-26-15-11-8-12-16-26/h7-20,24H,1,21-22H2,2-6H3. The van der Waals surface area contributed by atoms with Crippen LogP contribution in [0.4, 0.5) is 0 Å². The van der Waals surface area contributed by atoms with Crippen LogP contribution in [0.3, 0.4) is 0 Å². The molecule has 0 aromatic heterocycles. The summed E-state index contributed by atoms with van der Waals surface area (Å²) >= 11 is 0. The molecule has 0 aliphatic heterocycles. The van der Waals surface area contributed by atoms with Crippen LogP contribution in [0.5, 0.6) is 23.0 Å². The minimum Gasteiger partial charge on any atom is -0.493 e. The van der Waals surface area contributed by atoms with Crippen molar-refractivity contribution in [3.05, 3.63) is 119 Å². The molecule has 4 aromatic carbocycles. The van der Waals surface area contributed by atoms with Gasteiger partial charge in [0, 0.05) is 17.0 Å². The lowest BCUT2D eigenvalue weighted by Gasteiger charge is -2.20. The van der Waals surface area contributed by atoms with Gasteiger partial charge in [0.25, 0.3) is 0 Å². The molecule has 0 unspecified atom stereocenters. The number of ketones is 2. The summed E-state index contributed by atoms with van der Waals surface area (Å²) in [6.07, 6.45) is 0. The van der Waals surface area contributed by atoms with E-state index in [1.54, 1.807) is 38.3 Å². The SMILES string of the molecule is C=C(C)C(=O)c1cc(OCc2ccccc2)c(OC)cc1-c1cc(OC)c(OCc2ccccc2)cc1C(=O)C(C)C. The van der Waals surface area contributed by atoms with Gasteiger partial charge in [0.1, 0.15) is 13.2 Å². The molecule has 0 saturated carbocycles. The summed E-state index contributed by atoms with van der Waals surface area (Å²) in [5, 5.41) is 0. The average Bonchev–Trinajstić information content (AvgIpc) is 3.02. The molecule has 216 valence electrons. The van der Waals surface area contributed by atoms with Gasteiger partial charge in [0.15, 0.2) is 34.6 Å².